The number of aromatic nitrogens is 2. The Morgan fingerprint density at radius 2 is 1.72 bits per heavy atom. The number of nitrogens with one attached hydrogen (secondary N) is 1. The first-order valence-electron chi connectivity index (χ1n) is 12.5. The quantitative estimate of drug-likeness (QED) is 0.318. The fraction of sp³-hybridized carbons (Fsp3) is 0.393. The average molecular weight is 508 g/mol. The Kier molecular flexibility index (Phi) is 8.80. The van der Waals surface area contributed by atoms with Gasteiger partial charge in [-0.1, -0.05) is 56.8 Å². The average Bonchev–Trinajstić information content (AvgIpc) is 2.91. The van der Waals surface area contributed by atoms with Gasteiger partial charge >= 0.3 is 0 Å². The molecule has 1 aliphatic rings. The number of carbonyl (C=O) groups is 1. The minimum absolute atomic E-state index is 0.0402. The van der Waals surface area contributed by atoms with E-state index in [1.807, 2.05) is 36.4 Å². The molecule has 3 aromatic rings. The van der Waals surface area contributed by atoms with E-state index in [2.05, 4.69) is 42.0 Å². The molecule has 1 aromatic heterocycles. The number of para-hydroxylation sites is 1. The third kappa shape index (κ3) is 6.75. The zero-order valence-electron chi connectivity index (χ0n) is 21.2. The van der Waals surface area contributed by atoms with E-state index in [1.54, 1.807) is 17.8 Å². The number of benzene rings is 2. The van der Waals surface area contributed by atoms with Crippen molar-refractivity contribution in [3.05, 3.63) is 77.2 Å². The lowest BCUT2D eigenvalue weighted by Crippen LogP contribution is -2.47. The second kappa shape index (κ2) is 12.2. The smallest absolute Gasteiger partial charge is 0.251 e. The lowest BCUT2D eigenvalue weighted by Gasteiger charge is -2.37. The van der Waals surface area contributed by atoms with Gasteiger partial charge in [0.05, 0.1) is 5.69 Å². The van der Waals surface area contributed by atoms with E-state index in [0.29, 0.717) is 23.7 Å². The van der Waals surface area contributed by atoms with Gasteiger partial charge in [0, 0.05) is 55.8 Å². The van der Waals surface area contributed by atoms with E-state index in [0.717, 1.165) is 60.6 Å². The predicted molar refractivity (Wildman–Crippen MR) is 145 cm³/mol. The van der Waals surface area contributed by atoms with E-state index in [4.69, 9.17) is 9.97 Å². The van der Waals surface area contributed by atoms with Crippen LogP contribution in [0.3, 0.4) is 0 Å². The van der Waals surface area contributed by atoms with Crippen LogP contribution in [0.5, 0.6) is 0 Å². The van der Waals surface area contributed by atoms with E-state index in [1.165, 1.54) is 6.07 Å². The minimum Gasteiger partial charge on any atom is -0.366 e. The zero-order chi connectivity index (χ0) is 25.5. The molecule has 0 spiro atoms. The topological polar surface area (TPSA) is 61.4 Å². The second-order valence-corrected chi connectivity index (χ2v) is 10.3. The molecule has 0 unspecified atom stereocenters. The van der Waals surface area contributed by atoms with E-state index in [-0.39, 0.29) is 11.7 Å². The molecule has 1 aliphatic heterocycles. The Bertz CT molecular complexity index is 1160. The third-order valence-electron chi connectivity index (χ3n) is 6.16. The van der Waals surface area contributed by atoms with E-state index >= 15 is 0 Å². The summed E-state index contributed by atoms with van der Waals surface area (Å²) in [6.07, 6.45) is 0.832. The Morgan fingerprint density at radius 3 is 2.39 bits per heavy atom. The number of aryl methyl sites for hydroxylation is 1. The Morgan fingerprint density at radius 1 is 1.03 bits per heavy atom. The highest BCUT2D eigenvalue weighted by Gasteiger charge is 2.21. The molecule has 1 saturated heterocycles. The largest absolute Gasteiger partial charge is 0.366 e. The van der Waals surface area contributed by atoms with Crippen LogP contribution in [-0.4, -0.2) is 48.6 Å². The molecule has 0 saturated carbocycles. The van der Waals surface area contributed by atoms with Crippen molar-refractivity contribution >= 4 is 29.2 Å². The number of anilines is 2. The van der Waals surface area contributed by atoms with Gasteiger partial charge in [-0.25, -0.2) is 14.4 Å². The van der Waals surface area contributed by atoms with Crippen molar-refractivity contribution in [2.45, 2.75) is 38.1 Å². The van der Waals surface area contributed by atoms with Crippen molar-refractivity contribution in [2.24, 2.45) is 5.92 Å². The molecule has 8 heteroatoms. The zero-order valence-corrected chi connectivity index (χ0v) is 22.0. The first-order chi connectivity index (χ1) is 17.4. The van der Waals surface area contributed by atoms with E-state index < -0.39 is 0 Å². The number of rotatable bonds is 9. The molecule has 1 fully saturated rings. The molecule has 6 nitrogen and oxygen atoms in total. The maximum atomic E-state index is 14.2. The lowest BCUT2D eigenvalue weighted by atomic mass is 10.1. The van der Waals surface area contributed by atoms with Gasteiger partial charge in [-0.2, -0.15) is 0 Å². The monoisotopic (exact) mass is 507 g/mol. The Labute approximate surface area is 217 Å². The van der Waals surface area contributed by atoms with Gasteiger partial charge < -0.3 is 15.1 Å². The van der Waals surface area contributed by atoms with Crippen molar-refractivity contribution < 1.29 is 9.18 Å². The summed E-state index contributed by atoms with van der Waals surface area (Å²) in [7, 11) is 0. The molecule has 0 radical (unpaired) electrons. The van der Waals surface area contributed by atoms with Crippen LogP contribution in [0.2, 0.25) is 0 Å². The van der Waals surface area contributed by atoms with Crippen LogP contribution in [0.4, 0.5) is 15.9 Å². The third-order valence-corrected chi connectivity index (χ3v) is 7.08. The summed E-state index contributed by atoms with van der Waals surface area (Å²) in [5, 5.41) is 3.70. The normalized spacial score (nSPS) is 13.8. The molecule has 1 N–H and O–H groups in total. The summed E-state index contributed by atoms with van der Waals surface area (Å²) in [5.41, 5.74) is 3.46. The van der Waals surface area contributed by atoms with Gasteiger partial charge in [-0.15, -0.1) is 0 Å². The van der Waals surface area contributed by atoms with Crippen molar-refractivity contribution in [2.75, 3.05) is 42.5 Å². The number of halogens is 1. The molecule has 1 amide bonds. The van der Waals surface area contributed by atoms with Crippen molar-refractivity contribution in [3.63, 3.8) is 0 Å². The number of piperazine rings is 1. The Balaban J connectivity index is 1.37. The highest BCUT2D eigenvalue weighted by atomic mass is 32.2. The van der Waals surface area contributed by atoms with Gasteiger partial charge in [0.2, 0.25) is 0 Å². The van der Waals surface area contributed by atoms with Crippen LogP contribution in [0.25, 0.3) is 0 Å². The second-order valence-electron chi connectivity index (χ2n) is 9.37. The van der Waals surface area contributed by atoms with Crippen molar-refractivity contribution in [1.29, 1.82) is 0 Å². The molecule has 0 bridgehead atoms. The molecule has 0 aliphatic carbocycles. The fourth-order valence-electron chi connectivity index (χ4n) is 4.05. The van der Waals surface area contributed by atoms with Crippen LogP contribution in [-0.2, 0) is 12.2 Å². The minimum atomic E-state index is -0.177. The fourth-order valence-corrected chi connectivity index (χ4v) is 4.88. The first-order valence-corrected chi connectivity index (χ1v) is 13.5. The molecule has 2 aromatic carbocycles. The van der Waals surface area contributed by atoms with Crippen LogP contribution in [0.1, 0.15) is 42.4 Å². The number of carbonyl (C=O) groups excluding carboxylic acids is 1. The predicted octanol–water partition coefficient (Wildman–Crippen LogP) is 5.18. The molecular weight excluding hydrogens is 473 g/mol. The number of hydrogen-bond donors (Lipinski definition) is 1. The summed E-state index contributed by atoms with van der Waals surface area (Å²) >= 11 is 1.60. The molecule has 0 atom stereocenters. The van der Waals surface area contributed by atoms with Gasteiger partial charge in [0.1, 0.15) is 11.6 Å². The van der Waals surface area contributed by atoms with Crippen molar-refractivity contribution in [1.82, 2.24) is 15.3 Å². The highest BCUT2D eigenvalue weighted by molar-refractivity contribution is 7.98. The molecule has 4 rings (SSSR count). The van der Waals surface area contributed by atoms with Crippen LogP contribution >= 0.6 is 11.8 Å². The molecule has 190 valence electrons. The summed E-state index contributed by atoms with van der Waals surface area (Å²) in [4.78, 5) is 26.2. The summed E-state index contributed by atoms with van der Waals surface area (Å²) in [5.74, 6) is 1.85. The van der Waals surface area contributed by atoms with Gasteiger partial charge in [-0.3, -0.25) is 4.79 Å². The standard InChI is InChI=1S/C28H34FN5OS/c1-4-23-17-26(34-15-13-33(14-16-34)25-8-6-5-7-24(25)29)32-28(31-23)36-19-21-9-11-22(12-10-21)27(35)30-18-20(2)3/h5-12,17,20H,4,13-16,18-19H2,1-3H3,(H,30,35). The molecular formula is C28H34FN5OS. The van der Waals surface area contributed by atoms with Crippen LogP contribution < -0.4 is 15.1 Å². The van der Waals surface area contributed by atoms with Gasteiger partial charge in [-0.05, 0) is 42.2 Å². The summed E-state index contributed by atoms with van der Waals surface area (Å²) in [6, 6.07) is 16.7. The van der Waals surface area contributed by atoms with Crippen LogP contribution in [0, 0.1) is 11.7 Å². The number of amides is 1. The highest BCUT2D eigenvalue weighted by Crippen LogP contribution is 2.26. The van der Waals surface area contributed by atoms with Crippen LogP contribution in [0.15, 0.2) is 59.8 Å². The summed E-state index contributed by atoms with van der Waals surface area (Å²) < 4.78 is 14.2. The van der Waals surface area contributed by atoms with E-state index in [9.17, 15) is 9.18 Å². The maximum Gasteiger partial charge on any atom is 0.251 e. The SMILES string of the molecule is CCc1cc(N2CCN(c3ccccc3F)CC2)nc(SCc2ccc(C(=O)NCC(C)C)cc2)n1. The maximum absolute atomic E-state index is 14.2. The molecule has 36 heavy (non-hydrogen) atoms. The van der Waals surface area contributed by atoms with Gasteiger partial charge in [0.25, 0.3) is 5.91 Å². The first kappa shape index (κ1) is 25.9. The lowest BCUT2D eigenvalue weighted by molar-refractivity contribution is 0.0949. The number of nitrogens with zero attached hydrogens (tertiary/aromatic N) is 4. The molecule has 2 heterocycles. The van der Waals surface area contributed by atoms with Gasteiger partial charge in [0.15, 0.2) is 5.16 Å². The summed E-state index contributed by atoms with van der Waals surface area (Å²) in [6.45, 7) is 9.96. The van der Waals surface area contributed by atoms with Crippen molar-refractivity contribution in [3.8, 4) is 0 Å². The Hall–Kier alpha value is -3.13. The number of hydrogen-bond acceptors (Lipinski definition) is 6. The number of thioether (sulfide) groups is 1.